The van der Waals surface area contributed by atoms with Crippen molar-refractivity contribution in [3.8, 4) is 0 Å². The number of hydrogen-bond donors (Lipinski definition) is 0. The zero-order chi connectivity index (χ0) is 15.6. The van der Waals surface area contributed by atoms with Crippen molar-refractivity contribution in [2.75, 3.05) is 13.7 Å². The molecule has 1 amide bonds. The minimum absolute atomic E-state index is 0.184. The number of rotatable bonds is 2. The number of amides is 1. The molecule has 21 heavy (non-hydrogen) atoms. The minimum atomic E-state index is -0.695. The third kappa shape index (κ3) is 3.47. The molecule has 1 aliphatic heterocycles. The summed E-state index contributed by atoms with van der Waals surface area (Å²) in [6, 6.07) is -0.879. The van der Waals surface area contributed by atoms with Crippen molar-refractivity contribution in [3.05, 3.63) is 6.33 Å². The molecule has 2 heterocycles. The maximum Gasteiger partial charge on any atom is 0.411 e. The van der Waals surface area contributed by atoms with Crippen molar-refractivity contribution in [2.24, 2.45) is 0 Å². The molecular formula is C12H19N5O4. The summed E-state index contributed by atoms with van der Waals surface area (Å²) in [5, 5.41) is 10.9. The fourth-order valence-corrected chi connectivity index (χ4v) is 2.22. The summed E-state index contributed by atoms with van der Waals surface area (Å²) in [5.41, 5.74) is -0.634. The lowest BCUT2D eigenvalue weighted by molar-refractivity contribution is -0.145. The second kappa shape index (κ2) is 5.66. The van der Waals surface area contributed by atoms with E-state index in [0.29, 0.717) is 13.0 Å². The van der Waals surface area contributed by atoms with Crippen LogP contribution in [-0.4, -0.2) is 62.5 Å². The molecule has 0 unspecified atom stereocenters. The van der Waals surface area contributed by atoms with Crippen LogP contribution in [0, 0.1) is 0 Å². The SMILES string of the molecule is COC(=O)[C@@H]1C[C@H](n2cnnn2)CN1C(=O)OC(C)(C)C. The average Bonchev–Trinajstić information content (AvgIpc) is 3.04. The molecule has 1 fully saturated rings. The van der Waals surface area contributed by atoms with E-state index in [1.165, 1.54) is 23.0 Å². The number of methoxy groups -OCH3 is 1. The number of ether oxygens (including phenoxy) is 2. The summed E-state index contributed by atoms with van der Waals surface area (Å²) in [4.78, 5) is 25.5. The first-order valence-corrected chi connectivity index (χ1v) is 6.61. The highest BCUT2D eigenvalue weighted by molar-refractivity contribution is 5.82. The smallest absolute Gasteiger partial charge is 0.411 e. The molecule has 9 heteroatoms. The van der Waals surface area contributed by atoms with E-state index in [0.717, 1.165) is 0 Å². The highest BCUT2D eigenvalue weighted by Crippen LogP contribution is 2.28. The number of esters is 1. The molecule has 1 aromatic heterocycles. The molecule has 2 atom stereocenters. The first-order valence-electron chi connectivity index (χ1n) is 6.61. The van der Waals surface area contributed by atoms with Gasteiger partial charge >= 0.3 is 12.1 Å². The van der Waals surface area contributed by atoms with Crippen LogP contribution in [0.25, 0.3) is 0 Å². The molecule has 1 aliphatic rings. The molecule has 1 aromatic rings. The van der Waals surface area contributed by atoms with Gasteiger partial charge in [0, 0.05) is 13.0 Å². The van der Waals surface area contributed by atoms with Crippen LogP contribution in [0.4, 0.5) is 4.79 Å². The molecule has 0 aliphatic carbocycles. The Bertz CT molecular complexity index is 510. The van der Waals surface area contributed by atoms with Gasteiger partial charge in [-0.2, -0.15) is 0 Å². The number of hydrogen-bond acceptors (Lipinski definition) is 7. The average molecular weight is 297 g/mol. The summed E-state index contributed by atoms with van der Waals surface area (Å²) in [6.45, 7) is 5.60. The summed E-state index contributed by atoms with van der Waals surface area (Å²) in [5.74, 6) is -0.476. The van der Waals surface area contributed by atoms with Gasteiger partial charge < -0.3 is 9.47 Å². The number of nitrogens with zero attached hydrogens (tertiary/aromatic N) is 5. The Morgan fingerprint density at radius 2 is 2.05 bits per heavy atom. The predicted molar refractivity (Wildman–Crippen MR) is 70.2 cm³/mol. The second-order valence-electron chi connectivity index (χ2n) is 5.85. The van der Waals surface area contributed by atoms with Gasteiger partial charge in [0.15, 0.2) is 0 Å². The van der Waals surface area contributed by atoms with Crippen LogP contribution in [0.1, 0.15) is 33.2 Å². The topological polar surface area (TPSA) is 99.4 Å². The third-order valence-electron chi connectivity index (χ3n) is 3.12. The Morgan fingerprint density at radius 1 is 1.33 bits per heavy atom. The minimum Gasteiger partial charge on any atom is -0.467 e. The normalized spacial score (nSPS) is 22.2. The van der Waals surface area contributed by atoms with E-state index in [4.69, 9.17) is 9.47 Å². The lowest BCUT2D eigenvalue weighted by Crippen LogP contribution is -2.43. The van der Waals surface area contributed by atoms with Crippen LogP contribution in [0.2, 0.25) is 0 Å². The van der Waals surface area contributed by atoms with E-state index in [-0.39, 0.29) is 6.04 Å². The van der Waals surface area contributed by atoms with Gasteiger partial charge in [-0.15, -0.1) is 5.10 Å². The molecule has 1 saturated heterocycles. The summed E-state index contributed by atoms with van der Waals surface area (Å²) in [6.07, 6.45) is 1.29. The zero-order valence-electron chi connectivity index (χ0n) is 12.5. The Kier molecular flexibility index (Phi) is 4.10. The van der Waals surface area contributed by atoms with Gasteiger partial charge in [-0.25, -0.2) is 14.3 Å². The Balaban J connectivity index is 2.16. The molecule has 0 spiro atoms. The van der Waals surface area contributed by atoms with Crippen LogP contribution in [0.5, 0.6) is 0 Å². The lowest BCUT2D eigenvalue weighted by atomic mass is 10.2. The Hall–Kier alpha value is -2.19. The van der Waals surface area contributed by atoms with E-state index in [2.05, 4.69) is 15.5 Å². The fourth-order valence-electron chi connectivity index (χ4n) is 2.22. The molecule has 2 rings (SSSR count). The molecule has 0 saturated carbocycles. The van der Waals surface area contributed by atoms with Gasteiger partial charge in [-0.1, -0.05) is 0 Å². The second-order valence-corrected chi connectivity index (χ2v) is 5.85. The van der Waals surface area contributed by atoms with Crippen molar-refractivity contribution < 1.29 is 19.1 Å². The van der Waals surface area contributed by atoms with E-state index in [9.17, 15) is 9.59 Å². The monoisotopic (exact) mass is 297 g/mol. The van der Waals surface area contributed by atoms with Gasteiger partial charge in [-0.05, 0) is 31.2 Å². The molecule has 0 aromatic carbocycles. The van der Waals surface area contributed by atoms with Gasteiger partial charge in [0.1, 0.15) is 18.0 Å². The number of aromatic nitrogens is 4. The molecule has 0 radical (unpaired) electrons. The van der Waals surface area contributed by atoms with Gasteiger partial charge in [0.25, 0.3) is 0 Å². The van der Waals surface area contributed by atoms with E-state index >= 15 is 0 Å². The number of carbonyl (C=O) groups excluding carboxylic acids is 2. The molecular weight excluding hydrogens is 278 g/mol. The van der Waals surface area contributed by atoms with Crippen LogP contribution < -0.4 is 0 Å². The van der Waals surface area contributed by atoms with Crippen molar-refractivity contribution >= 4 is 12.1 Å². The van der Waals surface area contributed by atoms with Crippen LogP contribution in [-0.2, 0) is 14.3 Å². The summed E-state index contributed by atoms with van der Waals surface area (Å²) < 4.78 is 11.6. The molecule has 0 N–H and O–H groups in total. The quantitative estimate of drug-likeness (QED) is 0.728. The standard InChI is InChI=1S/C12H19N5O4/c1-12(2,3)21-11(19)16-6-8(17-7-13-14-15-17)5-9(16)10(18)20-4/h7-9H,5-6H2,1-4H3/t8-,9-/m0/s1. The van der Waals surface area contributed by atoms with E-state index in [1.54, 1.807) is 20.8 Å². The maximum absolute atomic E-state index is 12.2. The largest absolute Gasteiger partial charge is 0.467 e. The van der Waals surface area contributed by atoms with Crippen LogP contribution >= 0.6 is 0 Å². The van der Waals surface area contributed by atoms with Crippen molar-refractivity contribution in [2.45, 2.75) is 44.9 Å². The summed E-state index contributed by atoms with van der Waals surface area (Å²) in [7, 11) is 1.29. The first kappa shape index (κ1) is 15.2. The van der Waals surface area contributed by atoms with Gasteiger partial charge in [0.05, 0.1) is 13.2 Å². The number of carbonyl (C=O) groups is 2. The van der Waals surface area contributed by atoms with Crippen molar-refractivity contribution in [1.82, 2.24) is 25.1 Å². The fraction of sp³-hybridized carbons (Fsp3) is 0.750. The van der Waals surface area contributed by atoms with E-state index in [1.807, 2.05) is 0 Å². The predicted octanol–water partition coefficient (Wildman–Crippen LogP) is 0.397. The number of likely N-dealkylation sites (tertiary alicyclic amines) is 1. The third-order valence-corrected chi connectivity index (χ3v) is 3.12. The van der Waals surface area contributed by atoms with Crippen LogP contribution in [0.15, 0.2) is 6.33 Å². The first-order chi connectivity index (χ1) is 9.81. The highest BCUT2D eigenvalue weighted by Gasteiger charge is 2.43. The zero-order valence-corrected chi connectivity index (χ0v) is 12.5. The Morgan fingerprint density at radius 3 is 2.57 bits per heavy atom. The lowest BCUT2D eigenvalue weighted by Gasteiger charge is -2.27. The van der Waals surface area contributed by atoms with Crippen molar-refractivity contribution in [3.63, 3.8) is 0 Å². The van der Waals surface area contributed by atoms with Gasteiger partial charge in [0.2, 0.25) is 0 Å². The molecule has 116 valence electrons. The van der Waals surface area contributed by atoms with Crippen LogP contribution in [0.3, 0.4) is 0 Å². The van der Waals surface area contributed by atoms with Crippen molar-refractivity contribution in [1.29, 1.82) is 0 Å². The highest BCUT2D eigenvalue weighted by atomic mass is 16.6. The molecule has 9 nitrogen and oxygen atoms in total. The molecule has 0 bridgehead atoms. The number of tetrazole rings is 1. The Labute approximate surface area is 122 Å². The summed E-state index contributed by atoms with van der Waals surface area (Å²) >= 11 is 0. The maximum atomic E-state index is 12.2. The van der Waals surface area contributed by atoms with Gasteiger partial charge in [-0.3, -0.25) is 4.90 Å². The van der Waals surface area contributed by atoms with E-state index < -0.39 is 23.7 Å².